The van der Waals surface area contributed by atoms with E-state index in [4.69, 9.17) is 10.2 Å². The molecule has 2 rings (SSSR count). The summed E-state index contributed by atoms with van der Waals surface area (Å²) in [6.07, 6.45) is 4.32. The van der Waals surface area contributed by atoms with Crippen molar-refractivity contribution < 1.29 is 14.6 Å². The van der Waals surface area contributed by atoms with Gasteiger partial charge in [0.15, 0.2) is 0 Å². The molecule has 0 saturated carbocycles. The summed E-state index contributed by atoms with van der Waals surface area (Å²) in [4.78, 5) is 1.95. The zero-order valence-corrected chi connectivity index (χ0v) is 12.2. The summed E-state index contributed by atoms with van der Waals surface area (Å²) in [6, 6.07) is 5.65. The van der Waals surface area contributed by atoms with E-state index < -0.39 is 0 Å². The lowest BCUT2D eigenvalue weighted by Crippen LogP contribution is -2.30. The molecular weight excluding hydrogens is 268 g/mol. The van der Waals surface area contributed by atoms with Crippen molar-refractivity contribution in [3.05, 3.63) is 36.3 Å². The zero-order chi connectivity index (χ0) is 15.2. The van der Waals surface area contributed by atoms with Crippen LogP contribution >= 0.6 is 0 Å². The highest BCUT2D eigenvalue weighted by molar-refractivity contribution is 5.82. The Morgan fingerprint density at radius 1 is 1.10 bits per heavy atom. The maximum absolute atomic E-state index is 9.23. The summed E-state index contributed by atoms with van der Waals surface area (Å²) < 4.78 is 5.33. The van der Waals surface area contributed by atoms with E-state index in [1.54, 1.807) is 12.5 Å². The van der Waals surface area contributed by atoms with Crippen LogP contribution in [0.4, 0.5) is 11.4 Å². The molecule has 21 heavy (non-hydrogen) atoms. The number of furan rings is 1. The quantitative estimate of drug-likeness (QED) is 0.678. The minimum Gasteiger partial charge on any atom is -0.472 e. The number of nitrogen functional groups attached to an aromatic ring is 1. The maximum atomic E-state index is 9.23. The fourth-order valence-corrected chi connectivity index (χ4v) is 2.47. The fourth-order valence-electron chi connectivity index (χ4n) is 2.47. The van der Waals surface area contributed by atoms with Gasteiger partial charge < -0.3 is 25.3 Å². The molecule has 0 bridgehead atoms. The number of nitrogens with zero attached hydrogens (tertiary/aromatic N) is 1. The third-order valence-electron chi connectivity index (χ3n) is 3.51. The van der Waals surface area contributed by atoms with Gasteiger partial charge in [-0.2, -0.15) is 0 Å². The number of aliphatic hydroxyl groups excluding tert-OH is 2. The minimum atomic E-state index is 0.0236. The van der Waals surface area contributed by atoms with Crippen molar-refractivity contribution in [1.82, 2.24) is 0 Å². The van der Waals surface area contributed by atoms with E-state index in [9.17, 15) is 10.2 Å². The second-order valence-corrected chi connectivity index (χ2v) is 4.88. The van der Waals surface area contributed by atoms with Crippen LogP contribution < -0.4 is 10.6 Å². The number of hydrogen-bond acceptors (Lipinski definition) is 5. The van der Waals surface area contributed by atoms with Crippen LogP contribution in [0.2, 0.25) is 0 Å². The molecule has 0 atom stereocenters. The van der Waals surface area contributed by atoms with Crippen LogP contribution in [0.15, 0.2) is 35.1 Å². The van der Waals surface area contributed by atoms with Crippen molar-refractivity contribution in [1.29, 1.82) is 0 Å². The number of aliphatic hydroxyl groups is 2. The Labute approximate surface area is 124 Å². The van der Waals surface area contributed by atoms with Gasteiger partial charge in [-0.25, -0.2) is 0 Å². The van der Waals surface area contributed by atoms with Gasteiger partial charge in [0, 0.05) is 35.6 Å². The summed E-state index contributed by atoms with van der Waals surface area (Å²) in [7, 11) is 0. The van der Waals surface area contributed by atoms with Crippen LogP contribution in [-0.4, -0.2) is 36.5 Å². The lowest BCUT2D eigenvalue weighted by molar-refractivity contribution is 0.281. The molecule has 5 heteroatoms. The van der Waals surface area contributed by atoms with Gasteiger partial charge >= 0.3 is 0 Å². The number of rotatable bonds is 7. The standard InChI is InChI=1S/C16H22N2O3/c1-2-12-10-21-11-15(12)14-9-13(17)3-4-16(14)18(5-7-19)6-8-20/h3-4,9-11,19-20H,2,5-8,17H2,1H3. The zero-order valence-electron chi connectivity index (χ0n) is 12.2. The van der Waals surface area contributed by atoms with Gasteiger partial charge in [-0.3, -0.25) is 0 Å². The van der Waals surface area contributed by atoms with Crippen LogP contribution in [0.5, 0.6) is 0 Å². The first kappa shape index (κ1) is 15.4. The lowest BCUT2D eigenvalue weighted by Gasteiger charge is -2.26. The molecule has 5 nitrogen and oxygen atoms in total. The lowest BCUT2D eigenvalue weighted by atomic mass is 10.00. The second-order valence-electron chi connectivity index (χ2n) is 4.88. The van der Waals surface area contributed by atoms with Gasteiger partial charge in [0.05, 0.1) is 25.7 Å². The third-order valence-corrected chi connectivity index (χ3v) is 3.51. The summed E-state index contributed by atoms with van der Waals surface area (Å²) in [6.45, 7) is 3.03. The van der Waals surface area contributed by atoms with Crippen LogP contribution in [-0.2, 0) is 6.42 Å². The second kappa shape index (κ2) is 7.15. The predicted molar refractivity (Wildman–Crippen MR) is 84.3 cm³/mol. The van der Waals surface area contributed by atoms with Gasteiger partial charge in [0.1, 0.15) is 0 Å². The molecule has 1 aromatic carbocycles. The van der Waals surface area contributed by atoms with E-state index in [1.165, 1.54) is 0 Å². The average Bonchev–Trinajstić information content (AvgIpc) is 2.95. The van der Waals surface area contributed by atoms with Crippen molar-refractivity contribution in [2.24, 2.45) is 0 Å². The van der Waals surface area contributed by atoms with Crippen molar-refractivity contribution in [3.63, 3.8) is 0 Å². The molecule has 0 saturated heterocycles. The van der Waals surface area contributed by atoms with Crippen LogP contribution in [0.3, 0.4) is 0 Å². The SMILES string of the molecule is CCc1cocc1-c1cc(N)ccc1N(CCO)CCO. The molecule has 4 N–H and O–H groups in total. The van der Waals surface area contributed by atoms with Gasteiger partial charge in [0.25, 0.3) is 0 Å². The molecule has 1 heterocycles. The first-order valence-corrected chi connectivity index (χ1v) is 7.12. The summed E-state index contributed by atoms with van der Waals surface area (Å²) in [5.41, 5.74) is 10.6. The molecule has 0 aliphatic rings. The molecule has 1 aromatic heterocycles. The largest absolute Gasteiger partial charge is 0.472 e. The average molecular weight is 290 g/mol. The molecule has 0 aliphatic heterocycles. The minimum absolute atomic E-state index is 0.0236. The Morgan fingerprint density at radius 3 is 2.43 bits per heavy atom. The van der Waals surface area contributed by atoms with Crippen molar-refractivity contribution >= 4 is 11.4 Å². The van der Waals surface area contributed by atoms with Crippen LogP contribution in [0.25, 0.3) is 11.1 Å². The third kappa shape index (κ3) is 3.37. The highest BCUT2D eigenvalue weighted by Gasteiger charge is 2.16. The first-order chi connectivity index (χ1) is 10.2. The maximum Gasteiger partial charge on any atom is 0.0984 e. The van der Waals surface area contributed by atoms with Crippen molar-refractivity contribution in [3.8, 4) is 11.1 Å². The molecule has 0 radical (unpaired) electrons. The van der Waals surface area contributed by atoms with E-state index in [2.05, 4.69) is 6.92 Å². The van der Waals surface area contributed by atoms with Crippen LogP contribution in [0.1, 0.15) is 12.5 Å². The van der Waals surface area contributed by atoms with E-state index >= 15 is 0 Å². The molecule has 0 spiro atoms. The predicted octanol–water partition coefficient (Wildman–Crippen LogP) is 1.88. The Balaban J connectivity index is 2.51. The number of hydrogen-bond donors (Lipinski definition) is 3. The Bertz CT molecular complexity index is 575. The fraction of sp³-hybridized carbons (Fsp3) is 0.375. The summed E-state index contributed by atoms with van der Waals surface area (Å²) in [5, 5.41) is 18.5. The van der Waals surface area contributed by atoms with Crippen molar-refractivity contribution in [2.75, 3.05) is 36.9 Å². The number of nitrogens with two attached hydrogens (primary N) is 1. The van der Waals surface area contributed by atoms with Gasteiger partial charge in [-0.15, -0.1) is 0 Å². The van der Waals surface area contributed by atoms with Gasteiger partial charge in [-0.05, 0) is 30.2 Å². The number of aryl methyl sites for hydroxylation is 1. The number of benzene rings is 1. The first-order valence-electron chi connectivity index (χ1n) is 7.12. The van der Waals surface area contributed by atoms with E-state index in [0.29, 0.717) is 18.8 Å². The molecule has 2 aromatic rings. The molecule has 114 valence electrons. The number of anilines is 2. The topological polar surface area (TPSA) is 82.9 Å². The molecule has 0 amide bonds. The smallest absolute Gasteiger partial charge is 0.0984 e. The molecular formula is C16H22N2O3. The Kier molecular flexibility index (Phi) is 5.25. The normalized spacial score (nSPS) is 10.8. The van der Waals surface area contributed by atoms with E-state index in [-0.39, 0.29) is 13.2 Å². The summed E-state index contributed by atoms with van der Waals surface area (Å²) in [5.74, 6) is 0. The highest BCUT2D eigenvalue weighted by atomic mass is 16.3. The van der Waals surface area contributed by atoms with E-state index in [0.717, 1.165) is 28.8 Å². The Morgan fingerprint density at radius 2 is 1.81 bits per heavy atom. The van der Waals surface area contributed by atoms with Crippen LogP contribution in [0, 0.1) is 0 Å². The van der Waals surface area contributed by atoms with Gasteiger partial charge in [-0.1, -0.05) is 6.92 Å². The highest BCUT2D eigenvalue weighted by Crippen LogP contribution is 2.35. The van der Waals surface area contributed by atoms with Crippen molar-refractivity contribution in [2.45, 2.75) is 13.3 Å². The molecule has 0 aliphatic carbocycles. The Hall–Kier alpha value is -1.98. The molecule has 0 unspecified atom stereocenters. The monoisotopic (exact) mass is 290 g/mol. The van der Waals surface area contributed by atoms with E-state index in [1.807, 2.05) is 23.1 Å². The summed E-state index contributed by atoms with van der Waals surface area (Å²) >= 11 is 0. The molecule has 0 fully saturated rings. The van der Waals surface area contributed by atoms with Gasteiger partial charge in [0.2, 0.25) is 0 Å².